The molecule has 5 heteroatoms. The smallest absolute Gasteiger partial charge is 0.221 e. The van der Waals surface area contributed by atoms with Crippen molar-refractivity contribution in [3.8, 4) is 0 Å². The molecule has 0 aliphatic rings. The normalized spacial score (nSPS) is 11.1. The van der Waals surface area contributed by atoms with Crippen molar-refractivity contribution in [2.45, 2.75) is 46.0 Å². The molecule has 19 heavy (non-hydrogen) atoms. The van der Waals surface area contributed by atoms with Crippen LogP contribution in [0.25, 0.3) is 0 Å². The summed E-state index contributed by atoms with van der Waals surface area (Å²) in [6, 6.07) is 0. The van der Waals surface area contributed by atoms with Crippen molar-refractivity contribution < 1.29 is 0 Å². The van der Waals surface area contributed by atoms with Crippen LogP contribution in [0.5, 0.6) is 0 Å². The van der Waals surface area contributed by atoms with Crippen molar-refractivity contribution >= 4 is 11.8 Å². The first-order chi connectivity index (χ1) is 9.17. The molecular weight excluding hydrogens is 238 g/mol. The van der Waals surface area contributed by atoms with E-state index >= 15 is 0 Å². The molecule has 0 atom stereocenters. The molecule has 0 aliphatic heterocycles. The number of nitrogens with two attached hydrogens (primary N) is 2. The lowest BCUT2D eigenvalue weighted by Gasteiger charge is -2.17. The van der Waals surface area contributed by atoms with Gasteiger partial charge in [0.1, 0.15) is 5.82 Å². The van der Waals surface area contributed by atoms with Crippen LogP contribution in [-0.2, 0) is 6.42 Å². The highest BCUT2D eigenvalue weighted by molar-refractivity contribution is 5.41. The van der Waals surface area contributed by atoms with Crippen LogP contribution in [0, 0.1) is 0 Å². The van der Waals surface area contributed by atoms with Crippen LogP contribution in [0.15, 0.2) is 6.20 Å². The summed E-state index contributed by atoms with van der Waals surface area (Å²) in [5.41, 5.74) is 12.3. The Kier molecular flexibility index (Phi) is 7.18. The van der Waals surface area contributed by atoms with Crippen molar-refractivity contribution in [1.29, 1.82) is 0 Å². The van der Waals surface area contributed by atoms with E-state index in [-0.39, 0.29) is 5.95 Å². The fourth-order valence-corrected chi connectivity index (χ4v) is 2.17. The molecule has 108 valence electrons. The van der Waals surface area contributed by atoms with Crippen LogP contribution in [0.2, 0.25) is 0 Å². The van der Waals surface area contributed by atoms with Gasteiger partial charge in [-0.05, 0) is 38.9 Å². The number of anilines is 2. The zero-order chi connectivity index (χ0) is 14.1. The van der Waals surface area contributed by atoms with E-state index in [2.05, 4.69) is 28.7 Å². The van der Waals surface area contributed by atoms with Crippen LogP contribution < -0.4 is 11.5 Å². The number of hydrogen-bond donors (Lipinski definition) is 2. The molecule has 0 spiro atoms. The molecule has 1 aromatic heterocycles. The van der Waals surface area contributed by atoms with Crippen LogP contribution in [0.1, 0.15) is 45.1 Å². The van der Waals surface area contributed by atoms with Gasteiger partial charge in [-0.3, -0.25) is 0 Å². The van der Waals surface area contributed by atoms with E-state index in [1.807, 2.05) is 0 Å². The van der Waals surface area contributed by atoms with E-state index in [0.717, 1.165) is 31.5 Å². The molecule has 4 N–H and O–H groups in total. The number of hydrogen-bond acceptors (Lipinski definition) is 5. The lowest BCUT2D eigenvalue weighted by molar-refractivity contribution is 0.295. The molecule has 0 bridgehead atoms. The third-order valence-electron chi connectivity index (χ3n) is 3.48. The second-order valence-electron chi connectivity index (χ2n) is 4.83. The largest absolute Gasteiger partial charge is 0.383 e. The monoisotopic (exact) mass is 265 g/mol. The van der Waals surface area contributed by atoms with Crippen molar-refractivity contribution in [2.24, 2.45) is 0 Å². The fraction of sp³-hybridized carbons (Fsp3) is 0.714. The van der Waals surface area contributed by atoms with E-state index in [1.54, 1.807) is 6.20 Å². The topological polar surface area (TPSA) is 81.1 Å². The molecule has 5 nitrogen and oxygen atoms in total. The molecular formula is C14H27N5. The fourth-order valence-electron chi connectivity index (χ4n) is 2.17. The maximum Gasteiger partial charge on any atom is 0.221 e. The predicted molar refractivity (Wildman–Crippen MR) is 80.8 cm³/mol. The summed E-state index contributed by atoms with van der Waals surface area (Å²) >= 11 is 0. The molecule has 0 aliphatic carbocycles. The summed E-state index contributed by atoms with van der Waals surface area (Å²) in [6.45, 7) is 7.94. The van der Waals surface area contributed by atoms with Gasteiger partial charge in [0.2, 0.25) is 5.95 Å². The van der Waals surface area contributed by atoms with E-state index in [0.29, 0.717) is 5.82 Å². The molecule has 0 saturated carbocycles. The van der Waals surface area contributed by atoms with E-state index in [9.17, 15) is 0 Å². The molecule has 0 saturated heterocycles. The third-order valence-corrected chi connectivity index (χ3v) is 3.48. The Morgan fingerprint density at radius 2 is 1.74 bits per heavy atom. The summed E-state index contributed by atoms with van der Waals surface area (Å²) in [5.74, 6) is 0.774. The molecule has 0 unspecified atom stereocenters. The SMILES string of the molecule is CCN(CC)CCCCCCc1cnc(N)nc1N. The molecule has 0 radical (unpaired) electrons. The number of aromatic nitrogens is 2. The van der Waals surface area contributed by atoms with E-state index < -0.39 is 0 Å². The summed E-state index contributed by atoms with van der Waals surface area (Å²) in [5, 5.41) is 0. The third kappa shape index (κ3) is 5.87. The highest BCUT2D eigenvalue weighted by atomic mass is 15.1. The van der Waals surface area contributed by atoms with Crippen molar-refractivity contribution in [3.05, 3.63) is 11.8 Å². The minimum Gasteiger partial charge on any atom is -0.383 e. The summed E-state index contributed by atoms with van der Waals surface area (Å²) in [6.07, 6.45) is 7.59. The Balaban J connectivity index is 2.14. The van der Waals surface area contributed by atoms with Gasteiger partial charge in [-0.2, -0.15) is 4.98 Å². The number of nitrogens with zero attached hydrogens (tertiary/aromatic N) is 3. The Morgan fingerprint density at radius 1 is 1.05 bits per heavy atom. The van der Waals surface area contributed by atoms with Crippen LogP contribution in [-0.4, -0.2) is 34.5 Å². The van der Waals surface area contributed by atoms with Gasteiger partial charge in [0.25, 0.3) is 0 Å². The van der Waals surface area contributed by atoms with Crippen LogP contribution in [0.4, 0.5) is 11.8 Å². The molecule has 1 rings (SSSR count). The number of rotatable bonds is 9. The minimum absolute atomic E-state index is 0.250. The number of unbranched alkanes of at least 4 members (excludes halogenated alkanes) is 3. The maximum atomic E-state index is 5.80. The molecule has 1 aromatic rings. The van der Waals surface area contributed by atoms with Gasteiger partial charge in [-0.25, -0.2) is 4.98 Å². The van der Waals surface area contributed by atoms with Crippen LogP contribution in [0.3, 0.4) is 0 Å². The number of aryl methyl sites for hydroxylation is 1. The second kappa shape index (κ2) is 8.69. The zero-order valence-electron chi connectivity index (χ0n) is 12.2. The standard InChI is InChI=1S/C14H27N5/c1-3-19(4-2)10-8-6-5-7-9-12-11-17-14(16)18-13(12)15/h11H,3-10H2,1-2H3,(H4,15,16,17,18). The lowest BCUT2D eigenvalue weighted by Crippen LogP contribution is -2.23. The van der Waals surface area contributed by atoms with Crippen LogP contribution >= 0.6 is 0 Å². The molecule has 1 heterocycles. The van der Waals surface area contributed by atoms with Gasteiger partial charge in [0, 0.05) is 11.8 Å². The Morgan fingerprint density at radius 3 is 2.37 bits per heavy atom. The minimum atomic E-state index is 0.250. The average molecular weight is 265 g/mol. The average Bonchev–Trinajstić information content (AvgIpc) is 2.40. The van der Waals surface area contributed by atoms with Gasteiger partial charge in [-0.1, -0.05) is 26.7 Å². The maximum absolute atomic E-state index is 5.80. The van der Waals surface area contributed by atoms with Gasteiger partial charge in [-0.15, -0.1) is 0 Å². The Bertz CT molecular complexity index is 363. The molecule has 0 amide bonds. The quantitative estimate of drug-likeness (QED) is 0.668. The predicted octanol–water partition coefficient (Wildman–Crippen LogP) is 2.09. The lowest BCUT2D eigenvalue weighted by atomic mass is 10.1. The Hall–Kier alpha value is -1.36. The summed E-state index contributed by atoms with van der Waals surface area (Å²) in [4.78, 5) is 10.4. The van der Waals surface area contributed by atoms with Crippen molar-refractivity contribution in [3.63, 3.8) is 0 Å². The summed E-state index contributed by atoms with van der Waals surface area (Å²) in [7, 11) is 0. The van der Waals surface area contributed by atoms with Gasteiger partial charge < -0.3 is 16.4 Å². The van der Waals surface area contributed by atoms with Gasteiger partial charge in [0.15, 0.2) is 0 Å². The number of nitrogen functional groups attached to an aromatic ring is 2. The first-order valence-electron chi connectivity index (χ1n) is 7.26. The first-order valence-corrected chi connectivity index (χ1v) is 7.26. The van der Waals surface area contributed by atoms with E-state index in [1.165, 1.54) is 25.8 Å². The Labute approximate surface area is 116 Å². The first kappa shape index (κ1) is 15.7. The van der Waals surface area contributed by atoms with Crippen molar-refractivity contribution in [2.75, 3.05) is 31.1 Å². The van der Waals surface area contributed by atoms with Gasteiger partial charge in [0.05, 0.1) is 0 Å². The highest BCUT2D eigenvalue weighted by Gasteiger charge is 2.02. The van der Waals surface area contributed by atoms with E-state index in [4.69, 9.17) is 11.5 Å². The second-order valence-corrected chi connectivity index (χ2v) is 4.83. The zero-order valence-corrected chi connectivity index (χ0v) is 12.2. The molecule has 0 fully saturated rings. The molecule has 0 aromatic carbocycles. The highest BCUT2D eigenvalue weighted by Crippen LogP contribution is 2.13. The van der Waals surface area contributed by atoms with Crippen molar-refractivity contribution in [1.82, 2.24) is 14.9 Å². The summed E-state index contributed by atoms with van der Waals surface area (Å²) < 4.78 is 0. The van der Waals surface area contributed by atoms with Gasteiger partial charge >= 0.3 is 0 Å².